The molecule has 0 spiro atoms. The van der Waals surface area contributed by atoms with Gasteiger partial charge in [-0.3, -0.25) is 14.5 Å². The van der Waals surface area contributed by atoms with E-state index in [-0.39, 0.29) is 22.8 Å². The highest BCUT2D eigenvalue weighted by atomic mass is 32.2. The monoisotopic (exact) mass is 438 g/mol. The number of hydrogen-bond donors (Lipinski definition) is 2. The number of sulfonamides is 1. The Morgan fingerprint density at radius 2 is 1.83 bits per heavy atom. The number of amides is 2. The Balaban J connectivity index is 1.51. The summed E-state index contributed by atoms with van der Waals surface area (Å²) in [6.45, 7) is 7.32. The Hall–Kier alpha value is -2.01. The number of nitrogens with one attached hydrogen (secondary N) is 2. The summed E-state index contributed by atoms with van der Waals surface area (Å²) >= 11 is 0. The highest BCUT2D eigenvalue weighted by molar-refractivity contribution is 7.89. The van der Waals surface area contributed by atoms with Gasteiger partial charge in [-0.1, -0.05) is 0 Å². The number of ether oxygens (including phenoxy) is 1. The zero-order chi connectivity index (χ0) is 21.7. The molecule has 166 valence electrons. The molecule has 2 N–H and O–H groups in total. The highest BCUT2D eigenvalue weighted by Crippen LogP contribution is 2.16. The SMILES string of the molecule is CC(=O)Nc1ccc(S(=O)(=O)N[C@H](C)C(=O)N2CCN(C[C@@H]3CCCO3)CC2)cc1. The van der Waals surface area contributed by atoms with Crippen LogP contribution in [0.3, 0.4) is 0 Å². The van der Waals surface area contributed by atoms with Crippen molar-refractivity contribution in [3.05, 3.63) is 24.3 Å². The van der Waals surface area contributed by atoms with E-state index < -0.39 is 16.1 Å². The minimum Gasteiger partial charge on any atom is -0.377 e. The molecule has 0 radical (unpaired) electrons. The van der Waals surface area contributed by atoms with Crippen LogP contribution < -0.4 is 10.0 Å². The number of rotatable bonds is 7. The first-order chi connectivity index (χ1) is 14.2. The molecule has 1 aromatic carbocycles. The molecule has 30 heavy (non-hydrogen) atoms. The van der Waals surface area contributed by atoms with Crippen molar-refractivity contribution >= 4 is 27.5 Å². The van der Waals surface area contributed by atoms with Crippen molar-refractivity contribution in [3.63, 3.8) is 0 Å². The molecule has 1 aromatic rings. The fourth-order valence-electron chi connectivity index (χ4n) is 3.77. The van der Waals surface area contributed by atoms with Gasteiger partial charge in [-0.05, 0) is 44.0 Å². The summed E-state index contributed by atoms with van der Waals surface area (Å²) in [6, 6.07) is 4.95. The van der Waals surface area contributed by atoms with E-state index in [2.05, 4.69) is 14.9 Å². The van der Waals surface area contributed by atoms with Crippen molar-refractivity contribution < 1.29 is 22.7 Å². The van der Waals surface area contributed by atoms with E-state index in [1.165, 1.54) is 31.2 Å². The van der Waals surface area contributed by atoms with Gasteiger partial charge in [0.25, 0.3) is 0 Å². The van der Waals surface area contributed by atoms with Gasteiger partial charge in [0, 0.05) is 51.9 Å². The molecule has 3 rings (SSSR count). The van der Waals surface area contributed by atoms with Crippen LogP contribution in [0, 0.1) is 0 Å². The Kier molecular flexibility index (Phi) is 7.45. The maximum absolute atomic E-state index is 12.7. The van der Waals surface area contributed by atoms with E-state index in [0.717, 1.165) is 39.1 Å². The van der Waals surface area contributed by atoms with E-state index in [1.807, 2.05) is 0 Å². The third-order valence-electron chi connectivity index (χ3n) is 5.36. The van der Waals surface area contributed by atoms with Gasteiger partial charge in [0.15, 0.2) is 0 Å². The van der Waals surface area contributed by atoms with Gasteiger partial charge in [0.2, 0.25) is 21.8 Å². The number of nitrogens with zero attached hydrogens (tertiary/aromatic N) is 2. The molecule has 0 aliphatic carbocycles. The van der Waals surface area contributed by atoms with Crippen LogP contribution in [-0.4, -0.2) is 81.5 Å². The highest BCUT2D eigenvalue weighted by Gasteiger charge is 2.29. The van der Waals surface area contributed by atoms with Crippen molar-refractivity contribution in [2.75, 3.05) is 44.6 Å². The topological polar surface area (TPSA) is 108 Å². The lowest BCUT2D eigenvalue weighted by molar-refractivity contribution is -0.134. The summed E-state index contributed by atoms with van der Waals surface area (Å²) in [4.78, 5) is 27.9. The summed E-state index contributed by atoms with van der Waals surface area (Å²) in [5.74, 6) is -0.468. The van der Waals surface area contributed by atoms with E-state index in [9.17, 15) is 18.0 Å². The minimum atomic E-state index is -3.85. The number of carbonyl (C=O) groups excluding carboxylic acids is 2. The average molecular weight is 439 g/mol. The summed E-state index contributed by atoms with van der Waals surface area (Å²) in [7, 11) is -3.85. The quantitative estimate of drug-likeness (QED) is 0.647. The van der Waals surface area contributed by atoms with Gasteiger partial charge >= 0.3 is 0 Å². The van der Waals surface area contributed by atoms with Crippen LogP contribution in [0.1, 0.15) is 26.7 Å². The number of anilines is 1. The zero-order valence-corrected chi connectivity index (χ0v) is 18.3. The third-order valence-corrected chi connectivity index (χ3v) is 6.91. The Bertz CT molecular complexity index is 844. The second-order valence-corrected chi connectivity index (χ2v) is 9.52. The Morgan fingerprint density at radius 3 is 2.40 bits per heavy atom. The maximum Gasteiger partial charge on any atom is 0.241 e. The second kappa shape index (κ2) is 9.86. The fraction of sp³-hybridized carbons (Fsp3) is 0.600. The average Bonchev–Trinajstić information content (AvgIpc) is 3.20. The Labute approximate surface area is 177 Å². The summed E-state index contributed by atoms with van der Waals surface area (Å²) in [6.07, 6.45) is 2.48. The van der Waals surface area contributed by atoms with Gasteiger partial charge in [-0.2, -0.15) is 4.72 Å². The molecule has 2 fully saturated rings. The number of benzene rings is 1. The summed E-state index contributed by atoms with van der Waals surface area (Å²) in [5, 5.41) is 2.58. The lowest BCUT2D eigenvalue weighted by Crippen LogP contribution is -2.54. The predicted octanol–water partition coefficient (Wildman–Crippen LogP) is 0.635. The molecule has 2 heterocycles. The van der Waals surface area contributed by atoms with Gasteiger partial charge in [-0.25, -0.2) is 8.42 Å². The van der Waals surface area contributed by atoms with Crippen molar-refractivity contribution in [2.45, 2.75) is 43.7 Å². The number of carbonyl (C=O) groups is 2. The molecule has 0 saturated carbocycles. The molecule has 9 nitrogen and oxygen atoms in total. The van der Waals surface area contributed by atoms with Gasteiger partial charge < -0.3 is 15.0 Å². The molecule has 2 saturated heterocycles. The van der Waals surface area contributed by atoms with E-state index >= 15 is 0 Å². The Morgan fingerprint density at radius 1 is 1.17 bits per heavy atom. The molecule has 0 bridgehead atoms. The molecule has 2 aliphatic rings. The lowest BCUT2D eigenvalue weighted by Gasteiger charge is -2.36. The first-order valence-electron chi connectivity index (χ1n) is 10.3. The van der Waals surface area contributed by atoms with Gasteiger partial charge in [0.1, 0.15) is 0 Å². The van der Waals surface area contributed by atoms with E-state index in [4.69, 9.17) is 4.74 Å². The molecule has 0 unspecified atom stereocenters. The number of piperazine rings is 1. The van der Waals surface area contributed by atoms with Crippen molar-refractivity contribution in [1.29, 1.82) is 0 Å². The first-order valence-corrected chi connectivity index (χ1v) is 11.8. The van der Waals surface area contributed by atoms with Crippen LogP contribution >= 0.6 is 0 Å². The third kappa shape index (κ3) is 6.00. The molecule has 2 aliphatic heterocycles. The van der Waals surface area contributed by atoms with Crippen LogP contribution in [0.25, 0.3) is 0 Å². The van der Waals surface area contributed by atoms with Gasteiger partial charge in [0.05, 0.1) is 17.0 Å². The molecule has 10 heteroatoms. The molecular formula is C20H30N4O5S. The molecule has 0 aromatic heterocycles. The van der Waals surface area contributed by atoms with Crippen LogP contribution in [0.15, 0.2) is 29.2 Å². The van der Waals surface area contributed by atoms with E-state index in [1.54, 1.807) is 11.8 Å². The van der Waals surface area contributed by atoms with Crippen molar-refractivity contribution in [3.8, 4) is 0 Å². The predicted molar refractivity (Wildman–Crippen MR) is 113 cm³/mol. The van der Waals surface area contributed by atoms with Gasteiger partial charge in [-0.15, -0.1) is 0 Å². The standard InChI is InChI=1S/C20H30N4O5S/c1-15(22-30(27,28)19-7-5-17(6-8-19)21-16(2)25)20(26)24-11-9-23(10-12-24)14-18-4-3-13-29-18/h5-8,15,18,22H,3-4,9-14H2,1-2H3,(H,21,25)/t15-,18+/m1/s1. The second-order valence-electron chi connectivity index (χ2n) is 7.81. The smallest absolute Gasteiger partial charge is 0.241 e. The minimum absolute atomic E-state index is 0.0395. The largest absolute Gasteiger partial charge is 0.377 e. The first kappa shape index (κ1) is 22.7. The maximum atomic E-state index is 12.7. The van der Waals surface area contributed by atoms with Crippen LogP contribution in [0.2, 0.25) is 0 Å². The molecular weight excluding hydrogens is 408 g/mol. The van der Waals surface area contributed by atoms with Crippen molar-refractivity contribution in [2.24, 2.45) is 0 Å². The number of hydrogen-bond acceptors (Lipinski definition) is 6. The zero-order valence-electron chi connectivity index (χ0n) is 17.5. The van der Waals surface area contributed by atoms with Crippen LogP contribution in [0.4, 0.5) is 5.69 Å². The van der Waals surface area contributed by atoms with Crippen molar-refractivity contribution in [1.82, 2.24) is 14.5 Å². The fourth-order valence-corrected chi connectivity index (χ4v) is 4.97. The van der Waals surface area contributed by atoms with E-state index in [0.29, 0.717) is 18.8 Å². The lowest BCUT2D eigenvalue weighted by atomic mass is 10.2. The normalized spacial score (nSPS) is 21.4. The molecule has 2 amide bonds. The molecule has 2 atom stereocenters. The van der Waals surface area contributed by atoms with Crippen LogP contribution in [-0.2, 0) is 24.3 Å². The van der Waals surface area contributed by atoms with Crippen LogP contribution in [0.5, 0.6) is 0 Å². The summed E-state index contributed by atoms with van der Waals surface area (Å²) in [5.41, 5.74) is 0.506. The summed E-state index contributed by atoms with van der Waals surface area (Å²) < 4.78 is 33.4.